The Morgan fingerprint density at radius 1 is 1.20 bits per heavy atom. The molecule has 0 fully saturated rings. The second-order valence-corrected chi connectivity index (χ2v) is 7.20. The molecule has 0 saturated carbocycles. The lowest BCUT2D eigenvalue weighted by atomic mass is 10.2. The number of hydrogen-bond donors (Lipinski definition) is 1. The Labute approximate surface area is 131 Å². The zero-order chi connectivity index (χ0) is 14.1. The standard InChI is InChI=1S/C16H14ClNS2/c1-10-6-7-14(12(18)8-10)19-9-15-16(17)11-4-2-3-5-13(11)20-15/h2-8H,9,18H2,1H3. The van der Waals surface area contributed by atoms with Gasteiger partial charge in [-0.05, 0) is 30.7 Å². The van der Waals surface area contributed by atoms with Gasteiger partial charge < -0.3 is 5.73 Å². The van der Waals surface area contributed by atoms with E-state index in [4.69, 9.17) is 17.3 Å². The highest BCUT2D eigenvalue weighted by atomic mass is 35.5. The molecule has 1 heterocycles. The van der Waals surface area contributed by atoms with Gasteiger partial charge in [-0.2, -0.15) is 0 Å². The number of thioether (sulfide) groups is 1. The summed E-state index contributed by atoms with van der Waals surface area (Å²) in [5.74, 6) is 0.853. The van der Waals surface area contributed by atoms with Crippen molar-refractivity contribution >= 4 is 50.5 Å². The monoisotopic (exact) mass is 319 g/mol. The molecule has 0 aliphatic heterocycles. The van der Waals surface area contributed by atoms with Crippen molar-refractivity contribution in [1.29, 1.82) is 0 Å². The number of halogens is 1. The molecule has 0 atom stereocenters. The van der Waals surface area contributed by atoms with Gasteiger partial charge in [0.1, 0.15) is 0 Å². The van der Waals surface area contributed by atoms with E-state index >= 15 is 0 Å². The molecule has 4 heteroatoms. The molecule has 0 amide bonds. The number of nitrogens with two attached hydrogens (primary N) is 1. The van der Waals surface area contributed by atoms with Crippen LogP contribution in [0.1, 0.15) is 10.4 Å². The Hall–Kier alpha value is -1.16. The third kappa shape index (κ3) is 2.66. The van der Waals surface area contributed by atoms with Gasteiger partial charge in [-0.15, -0.1) is 23.1 Å². The van der Waals surface area contributed by atoms with E-state index in [1.54, 1.807) is 23.1 Å². The molecule has 2 aromatic carbocycles. The molecule has 1 aromatic heterocycles. The molecule has 3 aromatic rings. The normalized spacial score (nSPS) is 11.1. The lowest BCUT2D eigenvalue weighted by molar-refractivity contribution is 1.37. The molecule has 0 radical (unpaired) electrons. The maximum atomic E-state index is 6.45. The zero-order valence-electron chi connectivity index (χ0n) is 11.0. The van der Waals surface area contributed by atoms with Gasteiger partial charge in [0, 0.05) is 31.3 Å². The van der Waals surface area contributed by atoms with E-state index < -0.39 is 0 Å². The van der Waals surface area contributed by atoms with Crippen LogP contribution in [0.3, 0.4) is 0 Å². The molecular weight excluding hydrogens is 306 g/mol. The topological polar surface area (TPSA) is 26.0 Å². The van der Waals surface area contributed by atoms with Crippen molar-refractivity contribution in [1.82, 2.24) is 0 Å². The number of hydrogen-bond acceptors (Lipinski definition) is 3. The van der Waals surface area contributed by atoms with Gasteiger partial charge in [-0.25, -0.2) is 0 Å². The summed E-state index contributed by atoms with van der Waals surface area (Å²) >= 11 is 9.95. The van der Waals surface area contributed by atoms with Crippen molar-refractivity contribution in [3.8, 4) is 0 Å². The van der Waals surface area contributed by atoms with Crippen molar-refractivity contribution in [3.63, 3.8) is 0 Å². The van der Waals surface area contributed by atoms with Crippen molar-refractivity contribution in [2.24, 2.45) is 0 Å². The molecule has 0 unspecified atom stereocenters. The third-order valence-electron chi connectivity index (χ3n) is 3.13. The lowest BCUT2D eigenvalue weighted by Gasteiger charge is -2.05. The molecule has 0 aliphatic rings. The number of nitrogen functional groups attached to an aromatic ring is 1. The molecule has 20 heavy (non-hydrogen) atoms. The van der Waals surface area contributed by atoms with Gasteiger partial charge in [0.25, 0.3) is 0 Å². The van der Waals surface area contributed by atoms with Crippen LogP contribution in [-0.4, -0.2) is 0 Å². The second kappa shape index (κ2) is 5.68. The second-order valence-electron chi connectivity index (χ2n) is 4.67. The SMILES string of the molecule is Cc1ccc(SCc2sc3ccccc3c2Cl)c(N)c1. The molecule has 0 saturated heterocycles. The van der Waals surface area contributed by atoms with E-state index in [1.807, 2.05) is 25.1 Å². The molecule has 102 valence electrons. The highest BCUT2D eigenvalue weighted by Gasteiger charge is 2.10. The fourth-order valence-electron chi connectivity index (χ4n) is 2.10. The van der Waals surface area contributed by atoms with Crippen molar-refractivity contribution in [2.75, 3.05) is 5.73 Å². The van der Waals surface area contributed by atoms with Gasteiger partial charge >= 0.3 is 0 Å². The molecular formula is C16H14ClNS2. The molecule has 2 N–H and O–H groups in total. The summed E-state index contributed by atoms with van der Waals surface area (Å²) in [6.07, 6.45) is 0. The van der Waals surface area contributed by atoms with Gasteiger partial charge in [0.15, 0.2) is 0 Å². The minimum absolute atomic E-state index is 0.840. The molecule has 3 rings (SSSR count). The van der Waals surface area contributed by atoms with Crippen LogP contribution in [-0.2, 0) is 5.75 Å². The quantitative estimate of drug-likeness (QED) is 0.492. The molecule has 0 bridgehead atoms. The summed E-state index contributed by atoms with van der Waals surface area (Å²) in [5.41, 5.74) is 8.08. The van der Waals surface area contributed by atoms with Crippen LogP contribution in [0, 0.1) is 6.92 Å². The first-order valence-electron chi connectivity index (χ1n) is 6.30. The van der Waals surface area contributed by atoms with Crippen LogP contribution in [0.2, 0.25) is 5.02 Å². The average molecular weight is 320 g/mol. The number of anilines is 1. The van der Waals surface area contributed by atoms with Crippen LogP contribution < -0.4 is 5.73 Å². The highest BCUT2D eigenvalue weighted by molar-refractivity contribution is 7.98. The maximum absolute atomic E-state index is 6.45. The summed E-state index contributed by atoms with van der Waals surface area (Å²) in [6, 6.07) is 14.4. The Morgan fingerprint density at radius 2 is 2.00 bits per heavy atom. The summed E-state index contributed by atoms with van der Waals surface area (Å²) in [4.78, 5) is 2.32. The Morgan fingerprint density at radius 3 is 2.75 bits per heavy atom. The Bertz CT molecular complexity index is 764. The van der Waals surface area contributed by atoms with E-state index in [2.05, 4.69) is 24.3 Å². The lowest BCUT2D eigenvalue weighted by Crippen LogP contribution is -1.89. The van der Waals surface area contributed by atoms with Crippen LogP contribution in [0.15, 0.2) is 47.4 Å². The van der Waals surface area contributed by atoms with Crippen molar-refractivity contribution in [3.05, 3.63) is 57.9 Å². The third-order valence-corrected chi connectivity index (χ3v) is 6.14. The number of fused-ring (bicyclic) bond motifs is 1. The summed E-state index contributed by atoms with van der Waals surface area (Å²) < 4.78 is 1.24. The minimum Gasteiger partial charge on any atom is -0.398 e. The van der Waals surface area contributed by atoms with Crippen LogP contribution in [0.5, 0.6) is 0 Å². The van der Waals surface area contributed by atoms with Gasteiger partial charge in [-0.3, -0.25) is 0 Å². The first kappa shape index (κ1) is 13.8. The number of rotatable bonds is 3. The minimum atomic E-state index is 0.840. The summed E-state index contributed by atoms with van der Waals surface area (Å²) in [5, 5.41) is 2.02. The van der Waals surface area contributed by atoms with Crippen molar-refractivity contribution < 1.29 is 0 Å². The highest BCUT2D eigenvalue weighted by Crippen LogP contribution is 2.39. The zero-order valence-corrected chi connectivity index (χ0v) is 13.4. The number of benzene rings is 2. The average Bonchev–Trinajstić information content (AvgIpc) is 2.75. The molecule has 1 nitrogen and oxygen atoms in total. The van der Waals surface area contributed by atoms with E-state index in [1.165, 1.54) is 15.1 Å². The van der Waals surface area contributed by atoms with Crippen molar-refractivity contribution in [2.45, 2.75) is 17.6 Å². The van der Waals surface area contributed by atoms with Crippen LogP contribution in [0.4, 0.5) is 5.69 Å². The summed E-state index contributed by atoms with van der Waals surface area (Å²) in [7, 11) is 0. The fraction of sp³-hybridized carbons (Fsp3) is 0.125. The van der Waals surface area contributed by atoms with Gasteiger partial charge in [0.2, 0.25) is 0 Å². The molecule has 0 spiro atoms. The Kier molecular flexibility index (Phi) is 3.92. The number of thiophene rings is 1. The van der Waals surface area contributed by atoms with Gasteiger partial charge in [0.05, 0.1) is 5.02 Å². The summed E-state index contributed by atoms with van der Waals surface area (Å²) in [6.45, 7) is 2.05. The molecule has 0 aliphatic carbocycles. The first-order valence-corrected chi connectivity index (χ1v) is 8.48. The van der Waals surface area contributed by atoms with E-state index in [0.29, 0.717) is 0 Å². The van der Waals surface area contributed by atoms with Crippen LogP contribution >= 0.6 is 34.7 Å². The first-order chi connectivity index (χ1) is 9.65. The Balaban J connectivity index is 1.85. The maximum Gasteiger partial charge on any atom is 0.0632 e. The van der Waals surface area contributed by atoms with Gasteiger partial charge in [-0.1, -0.05) is 35.9 Å². The van der Waals surface area contributed by atoms with E-state index in [0.717, 1.165) is 26.7 Å². The van der Waals surface area contributed by atoms with E-state index in [9.17, 15) is 0 Å². The predicted molar refractivity (Wildman–Crippen MR) is 92.0 cm³/mol. The van der Waals surface area contributed by atoms with Crippen LogP contribution in [0.25, 0.3) is 10.1 Å². The largest absolute Gasteiger partial charge is 0.398 e. The predicted octanol–water partition coefficient (Wildman–Crippen LogP) is 5.74. The smallest absolute Gasteiger partial charge is 0.0632 e. The van der Waals surface area contributed by atoms with E-state index in [-0.39, 0.29) is 0 Å². The number of aryl methyl sites for hydroxylation is 1. The fourth-order valence-corrected chi connectivity index (χ4v) is 4.71.